The Morgan fingerprint density at radius 2 is 2.21 bits per heavy atom. The van der Waals surface area contributed by atoms with Gasteiger partial charge in [0, 0.05) is 24.2 Å². The highest BCUT2D eigenvalue weighted by Crippen LogP contribution is 2.37. The van der Waals surface area contributed by atoms with Crippen molar-refractivity contribution < 1.29 is 23.5 Å². The molecule has 0 unspecified atom stereocenters. The van der Waals surface area contributed by atoms with Crippen LogP contribution in [0.15, 0.2) is 24.3 Å². The standard InChI is InChI=1S/C24H24ClFN4O4/c1-13-3-4-19-18(9-13)28-22(30(19)12-14-11-29(7-8-34-14)24(32)33-2)20-17(25)10-16-15(21(20)26)5-6-27-23(16)31/h3-4,9-10,14H,5-8,11-12H2,1-2H3,(H,27,31)/t14-/m1/s1. The summed E-state index contributed by atoms with van der Waals surface area (Å²) in [5.74, 6) is -0.515. The molecule has 8 nitrogen and oxygen atoms in total. The number of carbonyl (C=O) groups excluding carboxylic acids is 2. The first-order valence-corrected chi connectivity index (χ1v) is 11.5. The van der Waals surface area contributed by atoms with E-state index in [4.69, 9.17) is 26.1 Å². The maximum absolute atomic E-state index is 15.8. The molecule has 5 rings (SSSR count). The molecule has 0 aliphatic carbocycles. The first-order valence-electron chi connectivity index (χ1n) is 11.1. The van der Waals surface area contributed by atoms with Gasteiger partial charge in [0.1, 0.15) is 11.6 Å². The Kier molecular flexibility index (Phi) is 5.91. The molecule has 3 heterocycles. The maximum Gasteiger partial charge on any atom is 0.409 e. The van der Waals surface area contributed by atoms with Gasteiger partial charge in [-0.1, -0.05) is 17.7 Å². The number of nitrogens with one attached hydrogen (secondary N) is 1. The van der Waals surface area contributed by atoms with E-state index in [9.17, 15) is 9.59 Å². The third kappa shape index (κ3) is 3.88. The van der Waals surface area contributed by atoms with Crippen molar-refractivity contribution in [3.05, 3.63) is 51.8 Å². The second-order valence-corrected chi connectivity index (χ2v) is 8.93. The van der Waals surface area contributed by atoms with E-state index in [0.717, 1.165) is 11.1 Å². The molecule has 1 aromatic heterocycles. The van der Waals surface area contributed by atoms with Crippen LogP contribution in [-0.2, 0) is 22.4 Å². The second kappa shape index (κ2) is 8.88. The number of carbonyl (C=O) groups is 2. The molecule has 34 heavy (non-hydrogen) atoms. The monoisotopic (exact) mass is 486 g/mol. The number of amides is 2. The predicted octanol–water partition coefficient (Wildman–Crippen LogP) is 3.56. The Morgan fingerprint density at radius 1 is 1.38 bits per heavy atom. The number of ether oxygens (including phenoxy) is 2. The summed E-state index contributed by atoms with van der Waals surface area (Å²) >= 11 is 6.55. The number of imidazole rings is 1. The van der Waals surface area contributed by atoms with Gasteiger partial charge in [0.2, 0.25) is 0 Å². The quantitative estimate of drug-likeness (QED) is 0.612. The van der Waals surface area contributed by atoms with E-state index in [1.165, 1.54) is 13.2 Å². The fourth-order valence-electron chi connectivity index (χ4n) is 4.65. The van der Waals surface area contributed by atoms with Crippen LogP contribution in [0.25, 0.3) is 22.4 Å². The smallest absolute Gasteiger partial charge is 0.409 e. The highest BCUT2D eigenvalue weighted by molar-refractivity contribution is 6.33. The fraction of sp³-hybridized carbons (Fsp3) is 0.375. The third-order valence-electron chi connectivity index (χ3n) is 6.31. The molecule has 3 aromatic rings. The van der Waals surface area contributed by atoms with Gasteiger partial charge in [-0.2, -0.15) is 0 Å². The zero-order valence-corrected chi connectivity index (χ0v) is 19.6. The van der Waals surface area contributed by atoms with Crippen molar-refractivity contribution in [3.8, 4) is 11.4 Å². The van der Waals surface area contributed by atoms with E-state index in [2.05, 4.69) is 5.32 Å². The first-order chi connectivity index (χ1) is 16.4. The van der Waals surface area contributed by atoms with Gasteiger partial charge in [-0.05, 0) is 37.1 Å². The Bertz CT molecular complexity index is 1310. The molecule has 2 amide bonds. The molecular weight excluding hydrogens is 463 g/mol. The lowest BCUT2D eigenvalue weighted by molar-refractivity contribution is -0.0310. The average Bonchev–Trinajstić information content (AvgIpc) is 3.16. The van der Waals surface area contributed by atoms with Crippen LogP contribution in [0.5, 0.6) is 0 Å². The lowest BCUT2D eigenvalue weighted by Gasteiger charge is -2.32. The Hall–Kier alpha value is -3.17. The summed E-state index contributed by atoms with van der Waals surface area (Å²) in [6.07, 6.45) is -0.395. The van der Waals surface area contributed by atoms with Crippen LogP contribution in [0.4, 0.5) is 9.18 Å². The van der Waals surface area contributed by atoms with Gasteiger partial charge >= 0.3 is 6.09 Å². The molecule has 0 radical (unpaired) electrons. The second-order valence-electron chi connectivity index (χ2n) is 8.53. The first kappa shape index (κ1) is 22.6. The molecule has 1 fully saturated rings. The number of aryl methyl sites for hydroxylation is 1. The van der Waals surface area contributed by atoms with Crippen molar-refractivity contribution in [1.82, 2.24) is 19.8 Å². The molecule has 2 aromatic carbocycles. The van der Waals surface area contributed by atoms with Crippen molar-refractivity contribution in [2.75, 3.05) is 33.4 Å². The van der Waals surface area contributed by atoms with Gasteiger partial charge in [0.15, 0.2) is 0 Å². The van der Waals surface area contributed by atoms with Crippen LogP contribution >= 0.6 is 11.6 Å². The van der Waals surface area contributed by atoms with E-state index >= 15 is 4.39 Å². The van der Waals surface area contributed by atoms with E-state index in [1.807, 2.05) is 29.7 Å². The zero-order chi connectivity index (χ0) is 24.0. The van der Waals surface area contributed by atoms with Crippen LogP contribution in [-0.4, -0.2) is 65.9 Å². The normalized spacial score (nSPS) is 18.1. The lowest BCUT2D eigenvalue weighted by atomic mass is 9.96. The largest absolute Gasteiger partial charge is 0.453 e. The third-order valence-corrected chi connectivity index (χ3v) is 6.61. The minimum absolute atomic E-state index is 0.113. The zero-order valence-electron chi connectivity index (χ0n) is 18.9. The Morgan fingerprint density at radius 3 is 3.00 bits per heavy atom. The number of fused-ring (bicyclic) bond motifs is 2. The average molecular weight is 487 g/mol. The van der Waals surface area contributed by atoms with Crippen LogP contribution in [0, 0.1) is 12.7 Å². The van der Waals surface area contributed by atoms with Gasteiger partial charge in [-0.3, -0.25) is 4.79 Å². The summed E-state index contributed by atoms with van der Waals surface area (Å²) in [5.41, 5.74) is 3.25. The highest BCUT2D eigenvalue weighted by Gasteiger charge is 2.30. The van der Waals surface area contributed by atoms with E-state index in [-0.39, 0.29) is 28.2 Å². The number of rotatable bonds is 3. The maximum atomic E-state index is 15.8. The van der Waals surface area contributed by atoms with Crippen LogP contribution in [0.2, 0.25) is 5.02 Å². The van der Waals surface area contributed by atoms with Crippen molar-refractivity contribution in [1.29, 1.82) is 0 Å². The number of benzene rings is 2. The number of nitrogens with zero attached hydrogens (tertiary/aromatic N) is 3. The van der Waals surface area contributed by atoms with Crippen molar-refractivity contribution in [2.24, 2.45) is 0 Å². The van der Waals surface area contributed by atoms with Crippen molar-refractivity contribution in [3.63, 3.8) is 0 Å². The molecule has 0 saturated carbocycles. The minimum atomic E-state index is -0.536. The lowest BCUT2D eigenvalue weighted by Crippen LogP contribution is -2.47. The Balaban J connectivity index is 1.62. The number of methoxy groups -OCH3 is 1. The van der Waals surface area contributed by atoms with Crippen LogP contribution in [0.1, 0.15) is 21.5 Å². The summed E-state index contributed by atoms with van der Waals surface area (Å²) in [4.78, 5) is 30.6. The summed E-state index contributed by atoms with van der Waals surface area (Å²) < 4.78 is 28.5. The van der Waals surface area contributed by atoms with Crippen molar-refractivity contribution in [2.45, 2.75) is 26.0 Å². The topological polar surface area (TPSA) is 85.7 Å². The highest BCUT2D eigenvalue weighted by atomic mass is 35.5. The van der Waals surface area contributed by atoms with Gasteiger partial charge in [0.05, 0.1) is 54.5 Å². The van der Waals surface area contributed by atoms with Gasteiger partial charge in [-0.25, -0.2) is 14.2 Å². The number of aromatic nitrogens is 2. The van der Waals surface area contributed by atoms with Crippen LogP contribution in [0.3, 0.4) is 0 Å². The molecular formula is C24H24ClFN4O4. The summed E-state index contributed by atoms with van der Waals surface area (Å²) in [7, 11) is 1.34. The van der Waals surface area contributed by atoms with E-state index in [0.29, 0.717) is 56.1 Å². The van der Waals surface area contributed by atoms with E-state index < -0.39 is 11.9 Å². The van der Waals surface area contributed by atoms with E-state index in [1.54, 1.807) is 4.90 Å². The molecule has 2 aliphatic rings. The number of hydrogen-bond donors (Lipinski definition) is 1. The molecule has 1 saturated heterocycles. The SMILES string of the molecule is COC(=O)N1CCO[C@@H](Cn2c(-c3c(Cl)cc4c(c3F)CCNC4=O)nc3cc(C)ccc32)C1. The molecule has 0 spiro atoms. The molecule has 10 heteroatoms. The van der Waals surface area contributed by atoms with Gasteiger partial charge in [0.25, 0.3) is 5.91 Å². The van der Waals surface area contributed by atoms with Crippen LogP contribution < -0.4 is 5.32 Å². The summed E-state index contributed by atoms with van der Waals surface area (Å²) in [5, 5.41) is 2.83. The fourth-order valence-corrected chi connectivity index (χ4v) is 4.93. The van der Waals surface area contributed by atoms with Gasteiger partial charge in [-0.15, -0.1) is 0 Å². The number of halogens is 2. The molecule has 2 aliphatic heterocycles. The minimum Gasteiger partial charge on any atom is -0.453 e. The number of hydrogen-bond acceptors (Lipinski definition) is 5. The number of morpholine rings is 1. The van der Waals surface area contributed by atoms with Crippen molar-refractivity contribution >= 4 is 34.6 Å². The molecule has 178 valence electrons. The molecule has 0 bridgehead atoms. The van der Waals surface area contributed by atoms with Gasteiger partial charge < -0.3 is 24.3 Å². The molecule has 1 atom stereocenters. The summed E-state index contributed by atoms with van der Waals surface area (Å²) in [6.45, 7) is 3.78. The molecule has 1 N–H and O–H groups in total. The predicted molar refractivity (Wildman–Crippen MR) is 125 cm³/mol. The Labute approximate surface area is 200 Å². The summed E-state index contributed by atoms with van der Waals surface area (Å²) in [6, 6.07) is 7.33.